The highest BCUT2D eigenvalue weighted by atomic mass is 32.1. The van der Waals surface area contributed by atoms with Crippen LogP contribution in [-0.4, -0.2) is 24.2 Å². The van der Waals surface area contributed by atoms with Crippen LogP contribution in [0.3, 0.4) is 0 Å². The summed E-state index contributed by atoms with van der Waals surface area (Å²) in [6, 6.07) is 24.4. The smallest absolute Gasteiger partial charge is 0.257 e. The molecule has 2 N–H and O–H groups in total. The molecule has 0 saturated carbocycles. The van der Waals surface area contributed by atoms with Crippen molar-refractivity contribution in [1.82, 2.24) is 5.32 Å². The zero-order chi connectivity index (χ0) is 21.9. The highest BCUT2D eigenvalue weighted by molar-refractivity contribution is 7.80. The Bertz CT molecular complexity index is 1020. The second kappa shape index (κ2) is 11.5. The lowest BCUT2D eigenvalue weighted by Gasteiger charge is -2.11. The summed E-state index contributed by atoms with van der Waals surface area (Å²) in [6.45, 7) is 4.59. The summed E-state index contributed by atoms with van der Waals surface area (Å²) in [4.78, 5) is 12.5. The van der Waals surface area contributed by atoms with Crippen LogP contribution >= 0.6 is 12.2 Å². The van der Waals surface area contributed by atoms with Gasteiger partial charge in [-0.15, -0.1) is 0 Å². The standard InChI is InChI=1S/C25H24N2O3S/c1-2-16-29-22-13-11-21(12-14-22)26-25(31)27-24(28)20-9-6-10-23(18-20)30-17-15-19-7-4-3-5-8-19/h2-14,18H,1,15-17H2,(H2,26,27,28,31). The molecule has 158 valence electrons. The summed E-state index contributed by atoms with van der Waals surface area (Å²) in [6.07, 6.45) is 2.48. The number of ether oxygens (including phenoxy) is 2. The predicted molar refractivity (Wildman–Crippen MR) is 128 cm³/mol. The van der Waals surface area contributed by atoms with Crippen LogP contribution in [0.2, 0.25) is 0 Å². The Balaban J connectivity index is 1.49. The molecule has 3 aromatic rings. The normalized spacial score (nSPS) is 10.1. The molecule has 0 spiro atoms. The second-order valence-corrected chi connectivity index (χ2v) is 7.05. The van der Waals surface area contributed by atoms with Gasteiger partial charge >= 0.3 is 0 Å². The molecular formula is C25H24N2O3S. The first kappa shape index (κ1) is 22.1. The van der Waals surface area contributed by atoms with Crippen LogP contribution in [0.25, 0.3) is 0 Å². The number of hydrogen-bond acceptors (Lipinski definition) is 4. The molecule has 0 heterocycles. The van der Waals surface area contributed by atoms with Gasteiger partial charge in [0.1, 0.15) is 18.1 Å². The molecule has 0 aromatic heterocycles. The van der Waals surface area contributed by atoms with Crippen LogP contribution in [0.5, 0.6) is 11.5 Å². The zero-order valence-electron chi connectivity index (χ0n) is 17.0. The first-order chi connectivity index (χ1) is 15.1. The molecule has 0 radical (unpaired) electrons. The van der Waals surface area contributed by atoms with E-state index in [1.54, 1.807) is 24.3 Å². The number of carbonyl (C=O) groups excluding carboxylic acids is 1. The van der Waals surface area contributed by atoms with Crippen molar-refractivity contribution in [2.45, 2.75) is 6.42 Å². The summed E-state index contributed by atoms with van der Waals surface area (Å²) < 4.78 is 11.2. The number of nitrogens with one attached hydrogen (secondary N) is 2. The lowest BCUT2D eigenvalue weighted by atomic mass is 10.2. The fourth-order valence-electron chi connectivity index (χ4n) is 2.79. The number of rotatable bonds is 9. The Hall–Kier alpha value is -3.64. The van der Waals surface area contributed by atoms with Gasteiger partial charge in [0.05, 0.1) is 6.61 Å². The molecule has 0 atom stereocenters. The Morgan fingerprint density at radius 2 is 1.71 bits per heavy atom. The van der Waals surface area contributed by atoms with Gasteiger partial charge in [0.2, 0.25) is 0 Å². The fourth-order valence-corrected chi connectivity index (χ4v) is 3.00. The molecule has 0 aliphatic carbocycles. The van der Waals surface area contributed by atoms with E-state index in [9.17, 15) is 4.79 Å². The molecule has 31 heavy (non-hydrogen) atoms. The van der Waals surface area contributed by atoms with Crippen LogP contribution in [0.15, 0.2) is 91.5 Å². The molecule has 0 bridgehead atoms. The van der Waals surface area contributed by atoms with Gasteiger partial charge in [-0.25, -0.2) is 0 Å². The maximum absolute atomic E-state index is 12.5. The minimum atomic E-state index is -0.308. The minimum Gasteiger partial charge on any atom is -0.493 e. The van der Waals surface area contributed by atoms with E-state index in [1.807, 2.05) is 48.5 Å². The van der Waals surface area contributed by atoms with E-state index in [-0.39, 0.29) is 11.0 Å². The molecule has 5 nitrogen and oxygen atoms in total. The van der Waals surface area contributed by atoms with E-state index in [4.69, 9.17) is 21.7 Å². The number of anilines is 1. The van der Waals surface area contributed by atoms with Gasteiger partial charge in [0.25, 0.3) is 5.91 Å². The zero-order valence-corrected chi connectivity index (χ0v) is 17.9. The number of carbonyl (C=O) groups is 1. The van der Waals surface area contributed by atoms with Crippen LogP contribution in [0, 0.1) is 0 Å². The molecule has 0 aliphatic heterocycles. The number of amides is 1. The third-order valence-corrected chi connectivity index (χ3v) is 4.51. The lowest BCUT2D eigenvalue weighted by molar-refractivity contribution is 0.0977. The largest absolute Gasteiger partial charge is 0.493 e. The molecular weight excluding hydrogens is 408 g/mol. The number of thiocarbonyl (C=S) groups is 1. The first-order valence-corrected chi connectivity index (χ1v) is 10.3. The monoisotopic (exact) mass is 432 g/mol. The molecule has 1 amide bonds. The molecule has 6 heteroatoms. The third kappa shape index (κ3) is 7.28. The maximum Gasteiger partial charge on any atom is 0.257 e. The van der Waals surface area contributed by atoms with Crippen molar-refractivity contribution in [3.05, 3.63) is 103 Å². The van der Waals surface area contributed by atoms with E-state index in [2.05, 4.69) is 29.3 Å². The Kier molecular flexibility index (Phi) is 8.20. The van der Waals surface area contributed by atoms with Crippen LogP contribution in [-0.2, 0) is 6.42 Å². The quantitative estimate of drug-likeness (QED) is 0.368. The molecule has 0 saturated heterocycles. The molecule has 0 unspecified atom stereocenters. The van der Waals surface area contributed by atoms with Crippen molar-refractivity contribution < 1.29 is 14.3 Å². The van der Waals surface area contributed by atoms with Crippen molar-refractivity contribution in [3.63, 3.8) is 0 Å². The van der Waals surface area contributed by atoms with Crippen LogP contribution in [0.1, 0.15) is 15.9 Å². The van der Waals surface area contributed by atoms with Crippen molar-refractivity contribution in [1.29, 1.82) is 0 Å². The Morgan fingerprint density at radius 1 is 0.935 bits per heavy atom. The topological polar surface area (TPSA) is 59.6 Å². The summed E-state index contributed by atoms with van der Waals surface area (Å²) in [7, 11) is 0. The first-order valence-electron chi connectivity index (χ1n) is 9.87. The van der Waals surface area contributed by atoms with Crippen molar-refractivity contribution in [2.24, 2.45) is 0 Å². The van der Waals surface area contributed by atoms with Gasteiger partial charge in [0, 0.05) is 17.7 Å². The van der Waals surface area contributed by atoms with Crippen molar-refractivity contribution in [3.8, 4) is 11.5 Å². The van der Waals surface area contributed by atoms with Gasteiger partial charge in [-0.2, -0.15) is 0 Å². The van der Waals surface area contributed by atoms with E-state index >= 15 is 0 Å². The van der Waals surface area contributed by atoms with Gasteiger partial charge in [-0.1, -0.05) is 49.1 Å². The number of benzene rings is 3. The van der Waals surface area contributed by atoms with E-state index < -0.39 is 0 Å². The average Bonchev–Trinajstić information content (AvgIpc) is 2.79. The molecule has 0 aliphatic rings. The predicted octanol–water partition coefficient (Wildman–Crippen LogP) is 5.00. The highest BCUT2D eigenvalue weighted by Gasteiger charge is 2.09. The molecule has 0 fully saturated rings. The summed E-state index contributed by atoms with van der Waals surface area (Å²) in [5.74, 6) is 1.05. The lowest BCUT2D eigenvalue weighted by Crippen LogP contribution is -2.34. The van der Waals surface area contributed by atoms with Crippen molar-refractivity contribution >= 4 is 28.9 Å². The Morgan fingerprint density at radius 3 is 2.45 bits per heavy atom. The maximum atomic E-state index is 12.5. The van der Waals surface area contributed by atoms with Crippen molar-refractivity contribution in [2.75, 3.05) is 18.5 Å². The Labute approximate surface area is 187 Å². The summed E-state index contributed by atoms with van der Waals surface area (Å²) in [5, 5.41) is 5.88. The van der Waals surface area contributed by atoms with Crippen LogP contribution in [0.4, 0.5) is 5.69 Å². The molecule has 3 aromatic carbocycles. The second-order valence-electron chi connectivity index (χ2n) is 6.64. The van der Waals surface area contributed by atoms with Gasteiger partial charge < -0.3 is 14.8 Å². The van der Waals surface area contributed by atoms with Gasteiger partial charge in [-0.3, -0.25) is 10.1 Å². The summed E-state index contributed by atoms with van der Waals surface area (Å²) in [5.41, 5.74) is 2.41. The minimum absolute atomic E-state index is 0.208. The molecule has 3 rings (SSSR count). The third-order valence-electron chi connectivity index (χ3n) is 4.31. The van der Waals surface area contributed by atoms with E-state index in [0.29, 0.717) is 24.5 Å². The SMILES string of the molecule is C=CCOc1ccc(NC(=S)NC(=O)c2cccc(OCCc3ccccc3)c2)cc1. The average molecular weight is 433 g/mol. The highest BCUT2D eigenvalue weighted by Crippen LogP contribution is 2.16. The number of hydrogen-bond donors (Lipinski definition) is 2. The van der Waals surface area contributed by atoms with E-state index in [1.165, 1.54) is 5.56 Å². The van der Waals surface area contributed by atoms with Gasteiger partial charge in [-0.05, 0) is 60.2 Å². The van der Waals surface area contributed by atoms with E-state index in [0.717, 1.165) is 17.9 Å². The fraction of sp³-hybridized carbons (Fsp3) is 0.120. The van der Waals surface area contributed by atoms with Gasteiger partial charge in [0.15, 0.2) is 5.11 Å². The van der Waals surface area contributed by atoms with Crippen LogP contribution < -0.4 is 20.1 Å². The summed E-state index contributed by atoms with van der Waals surface area (Å²) >= 11 is 5.25.